The third-order valence-corrected chi connectivity index (χ3v) is 7.83. The minimum Gasteiger partial charge on any atom is -0.370 e. The smallest absolute Gasteiger partial charge is 0.223 e. The predicted molar refractivity (Wildman–Crippen MR) is 113 cm³/mol. The quantitative estimate of drug-likeness (QED) is 0.630. The summed E-state index contributed by atoms with van der Waals surface area (Å²) in [5, 5.41) is 3.59. The van der Waals surface area contributed by atoms with Gasteiger partial charge in [-0.15, -0.1) is 0 Å². The van der Waals surface area contributed by atoms with Gasteiger partial charge in [-0.05, 0) is 56.2 Å². The number of rotatable bonds is 3. The molecule has 160 valence electrons. The molecule has 1 aliphatic heterocycles. The van der Waals surface area contributed by atoms with Crippen LogP contribution in [0, 0.1) is 23.6 Å². The highest BCUT2D eigenvalue weighted by atomic mass is 35.5. The van der Waals surface area contributed by atoms with Crippen LogP contribution in [0.15, 0.2) is 18.2 Å². The second-order valence-electron chi connectivity index (χ2n) is 9.81. The summed E-state index contributed by atoms with van der Waals surface area (Å²) < 4.78 is 20.6. The van der Waals surface area contributed by atoms with Crippen LogP contribution < -0.4 is 5.32 Å². The molecule has 3 fully saturated rings. The van der Waals surface area contributed by atoms with Crippen LogP contribution in [0.25, 0.3) is 0 Å². The van der Waals surface area contributed by atoms with Crippen molar-refractivity contribution in [3.63, 3.8) is 0 Å². The monoisotopic (exact) mass is 421 g/mol. The Labute approximate surface area is 178 Å². The van der Waals surface area contributed by atoms with Gasteiger partial charge < -0.3 is 10.1 Å². The standard InChI is InChI=1S/C24H33ClFNO2/c1-15-8-10-18-21(12-15)29-22(17-9-11-19(25)20(26)13-17)14-24(18,2)27-23(28)16-6-4-3-5-7-16/h9,11,13,15-16,18,21-22H,3-8,10,12,14H2,1-2H3,(H,27,28)/t15-,18-,21-,22-,24-/m0/s1. The fourth-order valence-corrected chi connectivity index (χ4v) is 5.92. The van der Waals surface area contributed by atoms with Crippen molar-refractivity contribution in [2.24, 2.45) is 17.8 Å². The summed E-state index contributed by atoms with van der Waals surface area (Å²) in [6.45, 7) is 4.45. The van der Waals surface area contributed by atoms with Gasteiger partial charge >= 0.3 is 0 Å². The van der Waals surface area contributed by atoms with E-state index in [4.69, 9.17) is 16.3 Å². The first-order chi connectivity index (χ1) is 13.9. The number of fused-ring (bicyclic) bond motifs is 1. The summed E-state index contributed by atoms with van der Waals surface area (Å²) >= 11 is 5.89. The molecule has 2 saturated carbocycles. The van der Waals surface area contributed by atoms with E-state index in [2.05, 4.69) is 19.2 Å². The average molecular weight is 422 g/mol. The second kappa shape index (κ2) is 8.55. The molecule has 1 aromatic carbocycles. The Morgan fingerprint density at radius 3 is 2.69 bits per heavy atom. The van der Waals surface area contributed by atoms with E-state index < -0.39 is 5.82 Å². The molecule has 1 heterocycles. The lowest BCUT2D eigenvalue weighted by atomic mass is 9.66. The van der Waals surface area contributed by atoms with Gasteiger partial charge in [0.1, 0.15) is 5.82 Å². The fraction of sp³-hybridized carbons (Fsp3) is 0.708. The molecule has 0 bridgehead atoms. The Morgan fingerprint density at radius 2 is 1.97 bits per heavy atom. The highest BCUT2D eigenvalue weighted by molar-refractivity contribution is 6.30. The first kappa shape index (κ1) is 21.1. The highest BCUT2D eigenvalue weighted by Crippen LogP contribution is 2.48. The van der Waals surface area contributed by atoms with Crippen LogP contribution in [0.1, 0.15) is 83.3 Å². The van der Waals surface area contributed by atoms with Gasteiger partial charge in [0.05, 0.1) is 17.2 Å². The van der Waals surface area contributed by atoms with Gasteiger partial charge in [-0.3, -0.25) is 4.79 Å². The molecular weight excluding hydrogens is 389 g/mol. The average Bonchev–Trinajstić information content (AvgIpc) is 2.70. The van der Waals surface area contributed by atoms with Crippen LogP contribution in [-0.2, 0) is 9.53 Å². The Hall–Kier alpha value is -1.13. The van der Waals surface area contributed by atoms with Crippen LogP contribution in [-0.4, -0.2) is 17.6 Å². The molecule has 0 spiro atoms. The number of hydrogen-bond acceptors (Lipinski definition) is 2. The lowest BCUT2D eigenvalue weighted by Gasteiger charge is -2.52. The molecule has 1 aromatic rings. The molecule has 3 nitrogen and oxygen atoms in total. The van der Waals surface area contributed by atoms with Gasteiger partial charge in [0.15, 0.2) is 0 Å². The molecule has 29 heavy (non-hydrogen) atoms. The van der Waals surface area contributed by atoms with Crippen molar-refractivity contribution >= 4 is 17.5 Å². The Bertz CT molecular complexity index is 750. The third-order valence-electron chi connectivity index (χ3n) is 7.52. The molecule has 0 unspecified atom stereocenters. The van der Waals surface area contributed by atoms with Crippen molar-refractivity contribution in [1.82, 2.24) is 5.32 Å². The van der Waals surface area contributed by atoms with E-state index in [9.17, 15) is 9.18 Å². The maximum Gasteiger partial charge on any atom is 0.223 e. The van der Waals surface area contributed by atoms with Gasteiger partial charge in [0, 0.05) is 23.8 Å². The van der Waals surface area contributed by atoms with Crippen molar-refractivity contribution in [1.29, 1.82) is 0 Å². The number of carbonyl (C=O) groups is 1. The maximum absolute atomic E-state index is 14.1. The van der Waals surface area contributed by atoms with E-state index in [1.807, 2.05) is 6.07 Å². The maximum atomic E-state index is 14.1. The molecule has 1 saturated heterocycles. The summed E-state index contributed by atoms with van der Waals surface area (Å²) in [6, 6.07) is 4.94. The molecular formula is C24H33ClFNO2. The summed E-state index contributed by atoms with van der Waals surface area (Å²) in [5.41, 5.74) is 0.472. The molecule has 5 atom stereocenters. The topological polar surface area (TPSA) is 38.3 Å². The van der Waals surface area contributed by atoms with Crippen LogP contribution in [0.5, 0.6) is 0 Å². The van der Waals surface area contributed by atoms with Crippen molar-refractivity contribution in [2.75, 3.05) is 0 Å². The number of halogens is 2. The van der Waals surface area contributed by atoms with Crippen molar-refractivity contribution < 1.29 is 13.9 Å². The zero-order valence-corrected chi connectivity index (χ0v) is 18.3. The van der Waals surface area contributed by atoms with Crippen LogP contribution in [0.4, 0.5) is 4.39 Å². The number of carbonyl (C=O) groups excluding carboxylic acids is 1. The Kier molecular flexibility index (Phi) is 6.22. The van der Waals surface area contributed by atoms with Crippen LogP contribution >= 0.6 is 11.6 Å². The summed E-state index contributed by atoms with van der Waals surface area (Å²) in [6.07, 6.45) is 9.27. The van der Waals surface area contributed by atoms with Gasteiger partial charge in [0.25, 0.3) is 0 Å². The van der Waals surface area contributed by atoms with E-state index in [0.717, 1.165) is 44.1 Å². The number of ether oxygens (including phenoxy) is 1. The molecule has 2 aliphatic carbocycles. The van der Waals surface area contributed by atoms with E-state index in [1.165, 1.54) is 18.9 Å². The van der Waals surface area contributed by atoms with Gasteiger partial charge in [0.2, 0.25) is 5.91 Å². The largest absolute Gasteiger partial charge is 0.370 e. The fourth-order valence-electron chi connectivity index (χ4n) is 5.80. The van der Waals surface area contributed by atoms with E-state index in [1.54, 1.807) is 6.07 Å². The highest BCUT2D eigenvalue weighted by Gasteiger charge is 2.50. The number of nitrogens with one attached hydrogen (secondary N) is 1. The first-order valence-electron chi connectivity index (χ1n) is 11.3. The molecule has 1 amide bonds. The number of benzene rings is 1. The number of hydrogen-bond donors (Lipinski definition) is 1. The predicted octanol–water partition coefficient (Wildman–Crippen LogP) is 6.20. The van der Waals surface area contributed by atoms with E-state index in [0.29, 0.717) is 18.3 Å². The molecule has 5 heteroatoms. The van der Waals surface area contributed by atoms with Crippen LogP contribution in [0.3, 0.4) is 0 Å². The summed E-state index contributed by atoms with van der Waals surface area (Å²) in [5.74, 6) is 0.832. The minimum atomic E-state index is -0.417. The molecule has 1 N–H and O–H groups in total. The summed E-state index contributed by atoms with van der Waals surface area (Å²) in [7, 11) is 0. The normalized spacial score (nSPS) is 35.7. The third kappa shape index (κ3) is 4.49. The minimum absolute atomic E-state index is 0.0906. The van der Waals surface area contributed by atoms with Gasteiger partial charge in [-0.25, -0.2) is 4.39 Å². The Morgan fingerprint density at radius 1 is 1.21 bits per heavy atom. The lowest BCUT2D eigenvalue weighted by molar-refractivity contribution is -0.155. The number of amides is 1. The lowest BCUT2D eigenvalue weighted by Crippen LogP contribution is -2.61. The zero-order valence-electron chi connectivity index (χ0n) is 17.6. The van der Waals surface area contributed by atoms with Crippen molar-refractivity contribution in [2.45, 2.75) is 89.4 Å². The van der Waals surface area contributed by atoms with Crippen LogP contribution in [0.2, 0.25) is 5.02 Å². The van der Waals surface area contributed by atoms with Crippen molar-refractivity contribution in [3.05, 3.63) is 34.6 Å². The van der Waals surface area contributed by atoms with Gasteiger partial charge in [-0.2, -0.15) is 0 Å². The Balaban J connectivity index is 1.58. The molecule has 0 aromatic heterocycles. The molecule has 0 radical (unpaired) electrons. The zero-order chi connectivity index (χ0) is 20.6. The SMILES string of the molecule is C[C@H]1CC[C@H]2[C@H](C1)O[C@H](c1ccc(Cl)c(F)c1)C[C@]2(C)NC(=O)C1CCCCC1. The van der Waals surface area contributed by atoms with E-state index in [-0.39, 0.29) is 34.6 Å². The molecule has 3 aliphatic rings. The van der Waals surface area contributed by atoms with Crippen molar-refractivity contribution in [3.8, 4) is 0 Å². The summed E-state index contributed by atoms with van der Waals surface area (Å²) in [4.78, 5) is 13.1. The second-order valence-corrected chi connectivity index (χ2v) is 10.2. The molecule has 4 rings (SSSR count). The first-order valence-corrected chi connectivity index (χ1v) is 11.7. The van der Waals surface area contributed by atoms with E-state index >= 15 is 0 Å². The van der Waals surface area contributed by atoms with Gasteiger partial charge in [-0.1, -0.05) is 50.3 Å².